The summed E-state index contributed by atoms with van der Waals surface area (Å²) in [6, 6.07) is 29.0. The standard InChI is InChI=1S/C24H38N2O6P2.C17H21NO2.C6H15N.C4H8F3O4PS.C3H9ClSi/c1-5-31-34(30,32-6-2)20-26(18-22-12-8-10-14-24(22)28)16-15-25(19-33(3,4)29)17-21-11-7-9-13-23(21)27;19-16-10-3-1-7-14(16)8-5-6-12-18-13-15-9-2-4-11-17(15)20;1-4-7(5-2)6-3;1-12(2,8)3-11-13(9,10)4(5,6)7;1-5(2,3)4/h7-14,27-28H,5-6,15-20H2,1-4H3;1-4,7,9-11,18-20H,5-6,8,12-13H2;4-6H2,1-3H3;3H2,1-2H3;1-3H3. The first-order chi connectivity index (χ1) is 36.6. The van der Waals surface area contributed by atoms with Crippen LogP contribution in [0, 0.1) is 0 Å². The van der Waals surface area contributed by atoms with Gasteiger partial charge in [0.2, 0.25) is 0 Å². The zero-order chi connectivity index (χ0) is 60.5. The second kappa shape index (κ2) is 38.5. The number of phenols is 4. The third-order valence-electron chi connectivity index (χ3n) is 10.6. The molecule has 0 aliphatic rings. The van der Waals surface area contributed by atoms with Gasteiger partial charge in [0.1, 0.15) is 50.2 Å². The van der Waals surface area contributed by atoms with Crippen molar-refractivity contribution in [2.45, 2.75) is 98.7 Å². The van der Waals surface area contributed by atoms with Crippen LogP contribution in [0.15, 0.2) is 97.1 Å². The average Bonchev–Trinajstić information content (AvgIpc) is 3.33. The van der Waals surface area contributed by atoms with Gasteiger partial charge in [-0.1, -0.05) is 113 Å². The van der Waals surface area contributed by atoms with Crippen molar-refractivity contribution in [3.63, 3.8) is 0 Å². The van der Waals surface area contributed by atoms with E-state index in [9.17, 15) is 55.7 Å². The Morgan fingerprint density at radius 1 is 0.582 bits per heavy atom. The number of benzene rings is 4. The number of hydrogen-bond acceptors (Lipinski definition) is 16. The van der Waals surface area contributed by atoms with Gasteiger partial charge in [0.15, 0.2) is 0 Å². The number of aromatic hydroxyl groups is 4. The summed E-state index contributed by atoms with van der Waals surface area (Å²) in [4.78, 5) is 6.33. The Hall–Kier alpha value is -3.26. The third-order valence-corrected chi connectivity index (χ3v) is 15.6. The zero-order valence-electron chi connectivity index (χ0n) is 48.4. The third kappa shape index (κ3) is 37.5. The lowest BCUT2D eigenvalue weighted by Gasteiger charge is -2.31. The maximum atomic E-state index is 13.3. The summed E-state index contributed by atoms with van der Waals surface area (Å²) in [5.41, 5.74) is -2.08. The lowest BCUT2D eigenvalue weighted by Crippen LogP contribution is -2.36. The first kappa shape index (κ1) is 75.7. The van der Waals surface area contributed by atoms with Crippen LogP contribution >= 0.6 is 33.0 Å². The molecule has 0 amide bonds. The molecule has 79 heavy (non-hydrogen) atoms. The van der Waals surface area contributed by atoms with Gasteiger partial charge in [-0.05, 0) is 116 Å². The molecule has 25 heteroatoms. The molecule has 5 N–H and O–H groups in total. The summed E-state index contributed by atoms with van der Waals surface area (Å²) in [5, 5.41) is 43.1. The minimum Gasteiger partial charge on any atom is -0.508 e. The Morgan fingerprint density at radius 3 is 1.28 bits per heavy atom. The predicted octanol–water partition coefficient (Wildman–Crippen LogP) is 13.3. The highest BCUT2D eigenvalue weighted by atomic mass is 35.6. The fourth-order valence-corrected chi connectivity index (χ4v) is 11.5. The Balaban J connectivity index is 0.00000113. The van der Waals surface area contributed by atoms with Crippen LogP contribution in [0.3, 0.4) is 0 Å². The van der Waals surface area contributed by atoms with E-state index in [1.807, 2.05) is 70.5 Å². The van der Waals surface area contributed by atoms with Crippen molar-refractivity contribution in [1.29, 1.82) is 0 Å². The van der Waals surface area contributed by atoms with Gasteiger partial charge in [-0.3, -0.25) is 18.5 Å². The minimum atomic E-state index is -5.60. The number of aryl methyl sites for hydroxylation is 1. The van der Waals surface area contributed by atoms with E-state index in [0.29, 0.717) is 56.1 Å². The minimum absolute atomic E-state index is 0.0589. The van der Waals surface area contributed by atoms with Crippen LogP contribution in [0.1, 0.15) is 69.7 Å². The van der Waals surface area contributed by atoms with Crippen molar-refractivity contribution in [2.75, 3.05) is 98.1 Å². The van der Waals surface area contributed by atoms with E-state index in [1.54, 1.807) is 63.6 Å². The lowest BCUT2D eigenvalue weighted by atomic mass is 10.1. The maximum Gasteiger partial charge on any atom is 0.523 e. The van der Waals surface area contributed by atoms with Gasteiger partial charge in [-0.15, -0.1) is 0 Å². The molecule has 4 aromatic rings. The van der Waals surface area contributed by atoms with E-state index in [1.165, 1.54) is 19.6 Å². The number of alkyl halides is 3. The van der Waals surface area contributed by atoms with E-state index in [4.69, 9.17) is 20.1 Å². The molecule has 0 unspecified atom stereocenters. The monoisotopic (exact) mass is 1230 g/mol. The lowest BCUT2D eigenvalue weighted by molar-refractivity contribution is -0.0531. The van der Waals surface area contributed by atoms with Crippen LogP contribution in [0.2, 0.25) is 19.6 Å². The highest BCUT2D eigenvalue weighted by Gasteiger charge is 2.47. The van der Waals surface area contributed by atoms with Crippen molar-refractivity contribution in [1.82, 2.24) is 20.0 Å². The Labute approximate surface area is 476 Å². The molecule has 452 valence electrons. The van der Waals surface area contributed by atoms with Crippen LogP contribution in [-0.2, 0) is 63.1 Å². The molecule has 0 saturated heterocycles. The molecule has 0 aliphatic carbocycles. The van der Waals surface area contributed by atoms with E-state index < -0.39 is 51.2 Å². The molecule has 0 bridgehead atoms. The topological polar surface area (TPSA) is 216 Å². The SMILES string of the molecule is CCN(CC)CC.CCOP(=O)(CN(CCN(Cc1ccccc1O)CP(C)(C)=O)Cc1ccccc1O)OCC.CP(C)(=O)COS(=O)(=O)C(F)(F)F.C[Si](C)(C)Cl.Oc1ccccc1CCCCNCc1ccccc1O. The molecular weight excluding hydrogens is 1140 g/mol. The zero-order valence-corrected chi connectivity index (χ0v) is 53.7. The van der Waals surface area contributed by atoms with Gasteiger partial charge in [0.25, 0.3) is 0 Å². The highest BCUT2D eigenvalue weighted by molar-refractivity contribution is 7.87. The number of nitrogens with zero attached hydrogens (tertiary/aromatic N) is 3. The summed E-state index contributed by atoms with van der Waals surface area (Å²) in [5.74, 6) is 1.08. The van der Waals surface area contributed by atoms with Gasteiger partial charge in [-0.2, -0.15) is 32.7 Å². The van der Waals surface area contributed by atoms with Crippen molar-refractivity contribution in [2.24, 2.45) is 0 Å². The summed E-state index contributed by atoms with van der Waals surface area (Å²) < 4.78 is 107. The van der Waals surface area contributed by atoms with Crippen LogP contribution in [-0.4, -0.2) is 154 Å². The molecule has 0 aliphatic heterocycles. The van der Waals surface area contributed by atoms with Gasteiger partial charge in [-0.25, -0.2) is 0 Å². The second-order valence-corrected chi connectivity index (χ2v) is 38.0. The fourth-order valence-electron chi connectivity index (χ4n) is 6.80. The van der Waals surface area contributed by atoms with Crippen molar-refractivity contribution in [3.05, 3.63) is 119 Å². The van der Waals surface area contributed by atoms with E-state index in [-0.39, 0.29) is 31.0 Å². The number of hydrogen-bond donors (Lipinski definition) is 5. The van der Waals surface area contributed by atoms with Crippen LogP contribution in [0.5, 0.6) is 23.0 Å². The molecule has 0 spiro atoms. The quantitative estimate of drug-likeness (QED) is 0.00892. The number of unbranched alkanes of at least 4 members (excludes halogenated alkanes) is 1. The molecular formula is C54H91ClF3N4O12P3SSi. The summed E-state index contributed by atoms with van der Waals surface area (Å²) >= 11 is 5.67. The van der Waals surface area contributed by atoms with Crippen LogP contribution < -0.4 is 5.32 Å². The van der Waals surface area contributed by atoms with Gasteiger partial charge >= 0.3 is 23.2 Å². The molecule has 0 aromatic heterocycles. The van der Waals surface area contributed by atoms with Crippen molar-refractivity contribution in [3.8, 4) is 23.0 Å². The maximum absolute atomic E-state index is 13.3. The van der Waals surface area contributed by atoms with E-state index in [2.05, 4.69) is 54.8 Å². The van der Waals surface area contributed by atoms with Crippen LogP contribution in [0.4, 0.5) is 13.2 Å². The molecule has 4 rings (SSSR count). The highest BCUT2D eigenvalue weighted by Crippen LogP contribution is 2.49. The number of phenolic OH excluding ortho intramolecular Hbond substituents is 4. The number of nitrogens with one attached hydrogen (secondary N) is 1. The molecule has 0 radical (unpaired) electrons. The van der Waals surface area contributed by atoms with Crippen LogP contribution in [0.25, 0.3) is 0 Å². The molecule has 0 fully saturated rings. The average molecular weight is 1230 g/mol. The van der Waals surface area contributed by atoms with Gasteiger partial charge in [0.05, 0.1) is 26.6 Å². The second-order valence-electron chi connectivity index (χ2n) is 20.0. The normalized spacial score (nSPS) is 12.1. The Kier molecular flexibility index (Phi) is 36.9. The number of rotatable bonds is 28. The Bertz CT molecular complexity index is 2500. The molecule has 0 atom stereocenters. The Morgan fingerprint density at radius 2 is 0.949 bits per heavy atom. The molecule has 0 heterocycles. The number of halogens is 4. The van der Waals surface area contributed by atoms with Gasteiger partial charge < -0.3 is 48.8 Å². The van der Waals surface area contributed by atoms with Gasteiger partial charge in [0, 0.05) is 49.4 Å². The molecule has 16 nitrogen and oxygen atoms in total. The summed E-state index contributed by atoms with van der Waals surface area (Å²) in [6.07, 6.45) is 2.47. The first-order valence-corrected chi connectivity index (χ1v) is 39.4. The van der Waals surface area contributed by atoms with Crippen molar-refractivity contribution < 1.29 is 68.9 Å². The first-order valence-electron chi connectivity index (χ1n) is 26.2. The summed E-state index contributed by atoms with van der Waals surface area (Å²) in [7, 11) is -15.4. The molecule has 4 aromatic carbocycles. The number of para-hydroxylation sites is 4. The van der Waals surface area contributed by atoms with E-state index >= 15 is 0 Å². The molecule has 0 saturated carbocycles. The van der Waals surface area contributed by atoms with Crippen molar-refractivity contribution >= 4 is 50.5 Å². The largest absolute Gasteiger partial charge is 0.523 e. The van der Waals surface area contributed by atoms with E-state index in [0.717, 1.165) is 55.8 Å². The predicted molar refractivity (Wildman–Crippen MR) is 321 cm³/mol. The fraction of sp³-hybridized carbons (Fsp3) is 0.556. The summed E-state index contributed by atoms with van der Waals surface area (Å²) in [6.45, 7) is 29.5. The smallest absolute Gasteiger partial charge is 0.508 e.